The molecule has 0 atom stereocenters. The summed E-state index contributed by atoms with van der Waals surface area (Å²) in [6.07, 6.45) is 1.53. The fraction of sp³-hybridized carbons (Fsp3) is 0.0417. The topological polar surface area (TPSA) is 70.4 Å². The van der Waals surface area contributed by atoms with Crippen LogP contribution in [0.15, 0.2) is 88.4 Å². The predicted molar refractivity (Wildman–Crippen MR) is 125 cm³/mol. The van der Waals surface area contributed by atoms with Gasteiger partial charge in [-0.05, 0) is 31.2 Å². The van der Waals surface area contributed by atoms with Crippen molar-refractivity contribution in [3.05, 3.63) is 94.5 Å². The highest BCUT2D eigenvalue weighted by Gasteiger charge is 2.08. The standard InChI is InChI=1S/C24H19BrN4O/c1-16-7-9-18(10-8-16)22-14-21(17-5-3-2-4-6-17)27-24(28-22)29-26-15-19-13-20(25)11-12-23(19)30/h2-15,30H,1H3,(H,27,28,29). The van der Waals surface area contributed by atoms with Crippen molar-refractivity contribution in [3.8, 4) is 28.3 Å². The quantitative estimate of drug-likeness (QED) is 0.282. The SMILES string of the molecule is Cc1ccc(-c2cc(-c3ccccc3)nc(NN=Cc3cc(Br)ccc3O)n2)cc1. The average Bonchev–Trinajstić information content (AvgIpc) is 2.77. The number of rotatable bonds is 5. The zero-order chi connectivity index (χ0) is 20.9. The molecule has 0 bridgehead atoms. The number of aromatic nitrogens is 2. The van der Waals surface area contributed by atoms with Crippen LogP contribution in [0, 0.1) is 6.92 Å². The highest BCUT2D eigenvalue weighted by atomic mass is 79.9. The molecule has 0 saturated heterocycles. The maximum absolute atomic E-state index is 9.97. The second-order valence-corrected chi connectivity index (χ2v) is 7.68. The number of phenols is 1. The van der Waals surface area contributed by atoms with E-state index >= 15 is 0 Å². The molecule has 1 heterocycles. The Morgan fingerprint density at radius 1 is 0.867 bits per heavy atom. The van der Waals surface area contributed by atoms with E-state index < -0.39 is 0 Å². The molecule has 30 heavy (non-hydrogen) atoms. The third-order valence-corrected chi connectivity index (χ3v) is 4.99. The molecule has 0 aliphatic heterocycles. The number of hydrazone groups is 1. The van der Waals surface area contributed by atoms with Crippen LogP contribution in [0.1, 0.15) is 11.1 Å². The number of benzene rings is 3. The van der Waals surface area contributed by atoms with Gasteiger partial charge in [0.05, 0.1) is 17.6 Å². The molecule has 0 amide bonds. The van der Waals surface area contributed by atoms with Crippen molar-refractivity contribution in [2.45, 2.75) is 6.92 Å². The van der Waals surface area contributed by atoms with Crippen LogP contribution >= 0.6 is 15.9 Å². The van der Waals surface area contributed by atoms with Gasteiger partial charge in [-0.3, -0.25) is 0 Å². The number of nitrogens with zero attached hydrogens (tertiary/aromatic N) is 3. The van der Waals surface area contributed by atoms with Gasteiger partial charge in [0.2, 0.25) is 5.95 Å². The summed E-state index contributed by atoms with van der Waals surface area (Å²) >= 11 is 3.39. The Balaban J connectivity index is 1.69. The molecule has 5 nitrogen and oxygen atoms in total. The van der Waals surface area contributed by atoms with Crippen LogP contribution in [-0.2, 0) is 0 Å². The minimum atomic E-state index is 0.142. The van der Waals surface area contributed by atoms with E-state index in [1.165, 1.54) is 11.8 Å². The third-order valence-electron chi connectivity index (χ3n) is 4.50. The van der Waals surface area contributed by atoms with E-state index in [1.807, 2.05) is 48.5 Å². The van der Waals surface area contributed by atoms with E-state index in [0.29, 0.717) is 11.5 Å². The molecule has 1 aromatic heterocycles. The lowest BCUT2D eigenvalue weighted by atomic mass is 10.1. The predicted octanol–water partition coefficient (Wildman–Crippen LogP) is 6.03. The van der Waals surface area contributed by atoms with Gasteiger partial charge >= 0.3 is 0 Å². The molecule has 0 spiro atoms. The Labute approximate surface area is 183 Å². The lowest BCUT2D eigenvalue weighted by molar-refractivity contribution is 0.474. The molecule has 4 aromatic rings. The van der Waals surface area contributed by atoms with Crippen LogP contribution in [0.25, 0.3) is 22.5 Å². The van der Waals surface area contributed by atoms with Gasteiger partial charge in [0.1, 0.15) is 5.75 Å². The van der Waals surface area contributed by atoms with Gasteiger partial charge in [-0.25, -0.2) is 15.4 Å². The number of aromatic hydroxyl groups is 1. The first kappa shape index (κ1) is 19.8. The molecule has 0 unspecified atom stereocenters. The van der Waals surface area contributed by atoms with Crippen molar-refractivity contribution in [1.29, 1.82) is 0 Å². The first-order chi connectivity index (χ1) is 14.6. The van der Waals surface area contributed by atoms with Gasteiger partial charge < -0.3 is 5.11 Å². The van der Waals surface area contributed by atoms with E-state index in [2.05, 4.69) is 55.5 Å². The smallest absolute Gasteiger partial charge is 0.244 e. The Morgan fingerprint density at radius 3 is 2.23 bits per heavy atom. The van der Waals surface area contributed by atoms with Crippen molar-refractivity contribution in [2.75, 3.05) is 5.43 Å². The van der Waals surface area contributed by atoms with Crippen LogP contribution in [0.2, 0.25) is 0 Å². The molecule has 2 N–H and O–H groups in total. The molecule has 0 aliphatic rings. The Bertz CT molecular complexity index is 1190. The summed E-state index contributed by atoms with van der Waals surface area (Å²) < 4.78 is 0.853. The van der Waals surface area contributed by atoms with Gasteiger partial charge in [0.15, 0.2) is 0 Å². The zero-order valence-electron chi connectivity index (χ0n) is 16.2. The van der Waals surface area contributed by atoms with Crippen molar-refractivity contribution >= 4 is 28.1 Å². The van der Waals surface area contributed by atoms with E-state index in [-0.39, 0.29) is 5.75 Å². The van der Waals surface area contributed by atoms with Gasteiger partial charge in [-0.15, -0.1) is 0 Å². The highest BCUT2D eigenvalue weighted by molar-refractivity contribution is 9.10. The van der Waals surface area contributed by atoms with Crippen LogP contribution < -0.4 is 5.43 Å². The van der Waals surface area contributed by atoms with Gasteiger partial charge in [-0.1, -0.05) is 76.1 Å². The van der Waals surface area contributed by atoms with Crippen molar-refractivity contribution in [3.63, 3.8) is 0 Å². The first-order valence-electron chi connectivity index (χ1n) is 9.37. The summed E-state index contributed by atoms with van der Waals surface area (Å²) in [4.78, 5) is 9.23. The number of aryl methyl sites for hydroxylation is 1. The molecular weight excluding hydrogens is 440 g/mol. The third kappa shape index (κ3) is 4.72. The summed E-state index contributed by atoms with van der Waals surface area (Å²) in [7, 11) is 0. The number of hydrogen-bond acceptors (Lipinski definition) is 5. The number of anilines is 1. The number of nitrogens with one attached hydrogen (secondary N) is 1. The van der Waals surface area contributed by atoms with Crippen LogP contribution in [0.4, 0.5) is 5.95 Å². The zero-order valence-corrected chi connectivity index (χ0v) is 17.8. The minimum absolute atomic E-state index is 0.142. The summed E-state index contributed by atoms with van der Waals surface area (Å²) in [5, 5.41) is 14.2. The normalized spacial score (nSPS) is 11.0. The fourth-order valence-electron chi connectivity index (χ4n) is 2.91. The minimum Gasteiger partial charge on any atom is -0.507 e. The van der Waals surface area contributed by atoms with E-state index in [4.69, 9.17) is 0 Å². The maximum Gasteiger partial charge on any atom is 0.244 e. The molecular formula is C24H19BrN4O. The number of phenolic OH excluding ortho intramolecular Hbond substituents is 1. The Kier molecular flexibility index (Phi) is 5.86. The highest BCUT2D eigenvalue weighted by Crippen LogP contribution is 2.25. The Hall–Kier alpha value is -3.51. The maximum atomic E-state index is 9.97. The molecule has 148 valence electrons. The molecule has 0 aliphatic carbocycles. The number of hydrogen-bond donors (Lipinski definition) is 2. The van der Waals surface area contributed by atoms with Crippen molar-refractivity contribution < 1.29 is 5.11 Å². The fourth-order valence-corrected chi connectivity index (χ4v) is 3.29. The van der Waals surface area contributed by atoms with E-state index in [9.17, 15) is 5.11 Å². The largest absolute Gasteiger partial charge is 0.507 e. The van der Waals surface area contributed by atoms with E-state index in [0.717, 1.165) is 27.0 Å². The molecule has 4 rings (SSSR count). The van der Waals surface area contributed by atoms with Crippen LogP contribution in [-0.4, -0.2) is 21.3 Å². The second kappa shape index (κ2) is 8.88. The second-order valence-electron chi connectivity index (χ2n) is 6.77. The molecule has 6 heteroatoms. The summed E-state index contributed by atoms with van der Waals surface area (Å²) in [5.41, 5.74) is 8.24. The average molecular weight is 459 g/mol. The van der Waals surface area contributed by atoms with Gasteiger partial charge in [0.25, 0.3) is 0 Å². The van der Waals surface area contributed by atoms with E-state index in [1.54, 1.807) is 18.2 Å². The summed E-state index contributed by atoms with van der Waals surface area (Å²) in [6.45, 7) is 2.05. The van der Waals surface area contributed by atoms with Gasteiger partial charge in [-0.2, -0.15) is 5.10 Å². The van der Waals surface area contributed by atoms with Crippen LogP contribution in [0.5, 0.6) is 5.75 Å². The molecule has 0 radical (unpaired) electrons. The lowest BCUT2D eigenvalue weighted by Crippen LogP contribution is -2.00. The molecule has 0 fully saturated rings. The lowest BCUT2D eigenvalue weighted by Gasteiger charge is -2.09. The number of halogens is 1. The summed E-state index contributed by atoms with van der Waals surface area (Å²) in [6, 6.07) is 25.2. The summed E-state index contributed by atoms with van der Waals surface area (Å²) in [5.74, 6) is 0.515. The van der Waals surface area contributed by atoms with Gasteiger partial charge in [0, 0.05) is 21.2 Å². The molecule has 3 aromatic carbocycles. The first-order valence-corrected chi connectivity index (χ1v) is 10.2. The van der Waals surface area contributed by atoms with Crippen molar-refractivity contribution in [2.24, 2.45) is 5.10 Å². The molecule has 0 saturated carbocycles. The van der Waals surface area contributed by atoms with Crippen LogP contribution in [0.3, 0.4) is 0 Å². The monoisotopic (exact) mass is 458 g/mol. The van der Waals surface area contributed by atoms with Crippen molar-refractivity contribution in [1.82, 2.24) is 9.97 Å². The Morgan fingerprint density at radius 2 is 1.53 bits per heavy atom.